The second-order valence-corrected chi connectivity index (χ2v) is 7.67. The number of ketones is 1. The monoisotopic (exact) mass is 404 g/mol. The van der Waals surface area contributed by atoms with E-state index in [1.165, 1.54) is 0 Å². The van der Waals surface area contributed by atoms with Crippen molar-refractivity contribution in [3.8, 4) is 0 Å². The molecule has 0 saturated carbocycles. The largest absolute Gasteiger partial charge is 0.507 e. The van der Waals surface area contributed by atoms with Crippen LogP contribution in [0.3, 0.4) is 0 Å². The summed E-state index contributed by atoms with van der Waals surface area (Å²) in [5.41, 5.74) is 2.28. The number of hydrogen-bond donors (Lipinski definition) is 2. The Morgan fingerprint density at radius 1 is 1.17 bits per heavy atom. The van der Waals surface area contributed by atoms with Crippen LogP contribution in [0.4, 0.5) is 0 Å². The summed E-state index contributed by atoms with van der Waals surface area (Å²) in [6.07, 6.45) is 5.62. The molecule has 4 rings (SSSR count). The Balaban J connectivity index is 1.85. The molecule has 1 atom stereocenters. The minimum absolute atomic E-state index is 0.112. The molecule has 3 aromatic rings. The molecule has 7 heteroatoms. The van der Waals surface area contributed by atoms with E-state index in [4.69, 9.17) is 0 Å². The van der Waals surface area contributed by atoms with E-state index in [1.54, 1.807) is 29.4 Å². The van der Waals surface area contributed by atoms with Crippen molar-refractivity contribution < 1.29 is 14.7 Å². The highest BCUT2D eigenvalue weighted by Crippen LogP contribution is 2.41. The Labute approximate surface area is 174 Å². The van der Waals surface area contributed by atoms with Crippen molar-refractivity contribution in [1.82, 2.24) is 19.8 Å². The van der Waals surface area contributed by atoms with E-state index in [9.17, 15) is 14.7 Å². The highest BCUT2D eigenvalue weighted by Gasteiger charge is 2.46. The number of para-hydroxylation sites is 1. The second-order valence-electron chi connectivity index (χ2n) is 7.67. The predicted molar refractivity (Wildman–Crippen MR) is 115 cm³/mol. The van der Waals surface area contributed by atoms with E-state index < -0.39 is 17.7 Å². The summed E-state index contributed by atoms with van der Waals surface area (Å²) in [7, 11) is 3.93. The maximum absolute atomic E-state index is 13.0. The zero-order valence-corrected chi connectivity index (χ0v) is 17.0. The van der Waals surface area contributed by atoms with Crippen molar-refractivity contribution in [3.63, 3.8) is 0 Å². The fourth-order valence-electron chi connectivity index (χ4n) is 3.98. The molecule has 2 N–H and O–H groups in total. The number of fused-ring (bicyclic) bond motifs is 1. The zero-order valence-electron chi connectivity index (χ0n) is 17.0. The van der Waals surface area contributed by atoms with Crippen LogP contribution in [-0.4, -0.2) is 63.7 Å². The summed E-state index contributed by atoms with van der Waals surface area (Å²) in [6.45, 7) is 1.20. The number of hydrogen-bond acceptors (Lipinski definition) is 5. The fourth-order valence-corrected chi connectivity index (χ4v) is 3.98. The van der Waals surface area contributed by atoms with Crippen molar-refractivity contribution >= 4 is 28.4 Å². The molecule has 1 saturated heterocycles. The van der Waals surface area contributed by atoms with Gasteiger partial charge >= 0.3 is 0 Å². The van der Waals surface area contributed by atoms with Crippen LogP contribution in [0.25, 0.3) is 16.7 Å². The van der Waals surface area contributed by atoms with Crippen molar-refractivity contribution in [2.24, 2.45) is 0 Å². The lowest BCUT2D eigenvalue weighted by Crippen LogP contribution is -2.32. The number of carbonyl (C=O) groups is 2. The van der Waals surface area contributed by atoms with Crippen LogP contribution in [0.5, 0.6) is 0 Å². The summed E-state index contributed by atoms with van der Waals surface area (Å²) < 4.78 is 0. The Morgan fingerprint density at radius 2 is 1.90 bits per heavy atom. The van der Waals surface area contributed by atoms with E-state index >= 15 is 0 Å². The number of nitrogens with zero attached hydrogens (tertiary/aromatic N) is 3. The predicted octanol–water partition coefficient (Wildman–Crippen LogP) is 2.94. The minimum Gasteiger partial charge on any atom is -0.507 e. The number of Topliss-reactive ketones (excluding diaryl/α,β-unsaturated/α-hetero) is 1. The quantitative estimate of drug-likeness (QED) is 0.375. The van der Waals surface area contributed by atoms with Crippen LogP contribution in [0, 0.1) is 0 Å². The Morgan fingerprint density at radius 3 is 2.63 bits per heavy atom. The first kappa shape index (κ1) is 19.8. The van der Waals surface area contributed by atoms with Crippen LogP contribution in [0.2, 0.25) is 0 Å². The number of rotatable bonds is 6. The molecule has 1 fully saturated rings. The third kappa shape index (κ3) is 3.48. The van der Waals surface area contributed by atoms with E-state index in [1.807, 2.05) is 49.5 Å². The van der Waals surface area contributed by atoms with Crippen LogP contribution in [0.15, 0.2) is 60.6 Å². The molecule has 1 unspecified atom stereocenters. The van der Waals surface area contributed by atoms with Gasteiger partial charge < -0.3 is 19.9 Å². The number of pyridine rings is 1. The number of aliphatic hydroxyl groups is 1. The first-order valence-electron chi connectivity index (χ1n) is 9.88. The third-order valence-electron chi connectivity index (χ3n) is 5.41. The van der Waals surface area contributed by atoms with Crippen LogP contribution < -0.4 is 0 Å². The first-order chi connectivity index (χ1) is 14.5. The van der Waals surface area contributed by atoms with Crippen molar-refractivity contribution in [2.75, 3.05) is 27.2 Å². The van der Waals surface area contributed by atoms with E-state index in [-0.39, 0.29) is 11.3 Å². The van der Waals surface area contributed by atoms with Gasteiger partial charge in [-0.3, -0.25) is 14.6 Å². The minimum atomic E-state index is -0.663. The smallest absolute Gasteiger partial charge is 0.295 e. The fraction of sp³-hybridized carbons (Fsp3) is 0.261. The first-order valence-corrected chi connectivity index (χ1v) is 9.88. The Bertz CT molecular complexity index is 1120. The number of carbonyl (C=O) groups excluding carboxylic acids is 2. The number of nitrogens with one attached hydrogen (secondary N) is 1. The number of amides is 1. The molecular weight excluding hydrogens is 380 g/mol. The lowest BCUT2D eigenvalue weighted by atomic mass is 9.95. The molecule has 1 aliphatic rings. The Kier molecular flexibility index (Phi) is 5.37. The molecule has 0 aliphatic carbocycles. The molecule has 1 aliphatic heterocycles. The summed E-state index contributed by atoms with van der Waals surface area (Å²) >= 11 is 0. The number of benzene rings is 1. The van der Waals surface area contributed by atoms with E-state index in [0.717, 1.165) is 23.0 Å². The van der Waals surface area contributed by atoms with Crippen LogP contribution in [0.1, 0.15) is 23.6 Å². The zero-order chi connectivity index (χ0) is 21.3. The SMILES string of the molecule is CN(C)CCCN1C(=O)C(=O)/C(=C(/O)c2ccncc2)C1c1c[nH]c2ccccc12. The van der Waals surface area contributed by atoms with Crippen LogP contribution >= 0.6 is 0 Å². The highest BCUT2D eigenvalue weighted by molar-refractivity contribution is 6.46. The molecule has 2 aromatic heterocycles. The summed E-state index contributed by atoms with van der Waals surface area (Å²) in [4.78, 5) is 36.8. The third-order valence-corrected chi connectivity index (χ3v) is 5.41. The normalized spacial score (nSPS) is 18.6. The summed E-state index contributed by atoms with van der Waals surface area (Å²) in [6, 6.07) is 10.3. The van der Waals surface area contributed by atoms with Gasteiger partial charge in [0, 0.05) is 47.2 Å². The molecule has 7 nitrogen and oxygen atoms in total. The van der Waals surface area contributed by atoms with Gasteiger partial charge in [-0.1, -0.05) is 18.2 Å². The standard InChI is InChI=1S/C23H24N4O3/c1-26(2)12-5-13-27-20(17-14-25-18-7-4-3-6-16(17)18)19(22(29)23(27)30)21(28)15-8-10-24-11-9-15/h3-4,6-11,14,20,25,28H,5,12-13H2,1-2H3/b21-19+. The molecule has 154 valence electrons. The molecular formula is C23H24N4O3. The van der Waals surface area contributed by atoms with Gasteiger partial charge in [0.15, 0.2) is 0 Å². The van der Waals surface area contributed by atoms with Gasteiger partial charge in [-0.25, -0.2) is 0 Å². The molecule has 30 heavy (non-hydrogen) atoms. The topological polar surface area (TPSA) is 89.5 Å². The molecule has 1 amide bonds. The number of aliphatic hydroxyl groups excluding tert-OH is 1. The molecule has 0 radical (unpaired) electrons. The second kappa shape index (κ2) is 8.12. The lowest BCUT2D eigenvalue weighted by molar-refractivity contribution is -0.139. The number of aromatic nitrogens is 2. The van der Waals surface area contributed by atoms with Gasteiger partial charge in [0.2, 0.25) is 0 Å². The van der Waals surface area contributed by atoms with E-state index in [0.29, 0.717) is 18.5 Å². The average Bonchev–Trinajstić information content (AvgIpc) is 3.28. The van der Waals surface area contributed by atoms with Crippen molar-refractivity contribution in [3.05, 3.63) is 71.7 Å². The highest BCUT2D eigenvalue weighted by atomic mass is 16.3. The van der Waals surface area contributed by atoms with Gasteiger partial charge in [0.25, 0.3) is 11.7 Å². The maximum Gasteiger partial charge on any atom is 0.295 e. The number of H-pyrrole nitrogens is 1. The average molecular weight is 404 g/mol. The molecule has 0 spiro atoms. The van der Waals surface area contributed by atoms with Gasteiger partial charge in [-0.05, 0) is 45.3 Å². The summed E-state index contributed by atoms with van der Waals surface area (Å²) in [5, 5.41) is 11.9. The van der Waals surface area contributed by atoms with Gasteiger partial charge in [-0.15, -0.1) is 0 Å². The van der Waals surface area contributed by atoms with Gasteiger partial charge in [-0.2, -0.15) is 0 Å². The lowest BCUT2D eigenvalue weighted by Gasteiger charge is -2.25. The van der Waals surface area contributed by atoms with E-state index in [2.05, 4.69) is 9.97 Å². The number of aromatic amines is 1. The molecule has 3 heterocycles. The Hall–Kier alpha value is -3.45. The number of likely N-dealkylation sites (tertiary alicyclic amines) is 1. The van der Waals surface area contributed by atoms with Crippen LogP contribution in [-0.2, 0) is 9.59 Å². The maximum atomic E-state index is 13.0. The van der Waals surface area contributed by atoms with Crippen molar-refractivity contribution in [1.29, 1.82) is 0 Å². The van der Waals surface area contributed by atoms with Gasteiger partial charge in [0.05, 0.1) is 11.6 Å². The van der Waals surface area contributed by atoms with Crippen molar-refractivity contribution in [2.45, 2.75) is 12.5 Å². The summed E-state index contributed by atoms with van der Waals surface area (Å²) in [5.74, 6) is -1.43. The molecule has 1 aromatic carbocycles. The van der Waals surface area contributed by atoms with Gasteiger partial charge in [0.1, 0.15) is 5.76 Å². The molecule has 0 bridgehead atoms.